The number of carbonyl (C=O) groups is 2. The standard InChI is InChI=1S/C18H16N2O2/c19-17(21)16(13-7-10-14-8-3-1-4-9-14)20-18(22)15-11-5-2-6-12-15/h1-13H,(H2,19,21)(H,20,22). The fourth-order valence-corrected chi connectivity index (χ4v) is 1.79. The highest BCUT2D eigenvalue weighted by Crippen LogP contribution is 2.03. The Morgan fingerprint density at radius 1 is 0.909 bits per heavy atom. The molecule has 0 atom stereocenters. The van der Waals surface area contributed by atoms with Gasteiger partial charge in [-0.1, -0.05) is 60.7 Å². The average molecular weight is 292 g/mol. The lowest BCUT2D eigenvalue weighted by atomic mass is 10.2. The first kappa shape index (κ1) is 15.3. The molecule has 2 aromatic rings. The van der Waals surface area contributed by atoms with Gasteiger partial charge >= 0.3 is 0 Å². The number of rotatable bonds is 5. The molecule has 110 valence electrons. The van der Waals surface area contributed by atoms with Gasteiger partial charge in [-0.25, -0.2) is 0 Å². The summed E-state index contributed by atoms with van der Waals surface area (Å²) in [5.74, 6) is -1.07. The first-order chi connectivity index (χ1) is 10.7. The van der Waals surface area contributed by atoms with Crippen LogP contribution >= 0.6 is 0 Å². The van der Waals surface area contributed by atoms with Crippen LogP contribution in [-0.2, 0) is 4.79 Å². The molecule has 0 aromatic heterocycles. The van der Waals surface area contributed by atoms with Gasteiger partial charge in [0.1, 0.15) is 5.70 Å². The Kier molecular flexibility index (Phi) is 5.26. The monoisotopic (exact) mass is 292 g/mol. The Bertz CT molecular complexity index is 704. The van der Waals surface area contributed by atoms with Gasteiger partial charge in [0.2, 0.25) is 0 Å². The maximum Gasteiger partial charge on any atom is 0.265 e. The summed E-state index contributed by atoms with van der Waals surface area (Å²) in [4.78, 5) is 23.4. The zero-order valence-corrected chi connectivity index (χ0v) is 11.9. The van der Waals surface area contributed by atoms with Crippen molar-refractivity contribution in [2.75, 3.05) is 0 Å². The summed E-state index contributed by atoms with van der Waals surface area (Å²) in [7, 11) is 0. The van der Waals surface area contributed by atoms with Crippen LogP contribution in [0.1, 0.15) is 15.9 Å². The van der Waals surface area contributed by atoms with E-state index in [4.69, 9.17) is 5.73 Å². The third-order valence-corrected chi connectivity index (χ3v) is 2.90. The molecule has 0 saturated heterocycles. The van der Waals surface area contributed by atoms with E-state index in [9.17, 15) is 9.59 Å². The minimum Gasteiger partial charge on any atom is -0.364 e. The predicted octanol–water partition coefficient (Wildman–Crippen LogP) is 2.50. The van der Waals surface area contributed by atoms with Gasteiger partial charge in [-0.15, -0.1) is 0 Å². The molecule has 0 saturated carbocycles. The van der Waals surface area contributed by atoms with Gasteiger partial charge in [0, 0.05) is 5.56 Å². The lowest BCUT2D eigenvalue weighted by molar-refractivity contribution is -0.114. The van der Waals surface area contributed by atoms with Crippen molar-refractivity contribution < 1.29 is 9.59 Å². The summed E-state index contributed by atoms with van der Waals surface area (Å²) in [6.45, 7) is 0. The highest BCUT2D eigenvalue weighted by atomic mass is 16.2. The predicted molar refractivity (Wildman–Crippen MR) is 86.7 cm³/mol. The van der Waals surface area contributed by atoms with Crippen molar-refractivity contribution in [2.45, 2.75) is 0 Å². The third-order valence-electron chi connectivity index (χ3n) is 2.90. The Hall–Kier alpha value is -3.14. The summed E-state index contributed by atoms with van der Waals surface area (Å²) in [6.07, 6.45) is 4.97. The minimum absolute atomic E-state index is 0.0426. The third kappa shape index (κ3) is 4.45. The molecule has 0 aliphatic heterocycles. The molecular weight excluding hydrogens is 276 g/mol. The molecule has 2 amide bonds. The van der Waals surface area contributed by atoms with Gasteiger partial charge in [-0.2, -0.15) is 0 Å². The smallest absolute Gasteiger partial charge is 0.265 e. The first-order valence-corrected chi connectivity index (χ1v) is 6.76. The second-order valence-corrected chi connectivity index (χ2v) is 4.53. The molecule has 0 aliphatic carbocycles. The first-order valence-electron chi connectivity index (χ1n) is 6.76. The number of nitrogens with two attached hydrogens (primary N) is 1. The summed E-state index contributed by atoms with van der Waals surface area (Å²) in [6, 6.07) is 18.2. The van der Waals surface area contributed by atoms with E-state index in [1.165, 1.54) is 6.08 Å². The molecule has 0 bridgehead atoms. The Morgan fingerprint density at radius 2 is 1.50 bits per heavy atom. The minimum atomic E-state index is -0.693. The van der Waals surface area contributed by atoms with Gasteiger partial charge in [-0.05, 0) is 23.8 Å². The van der Waals surface area contributed by atoms with Gasteiger partial charge < -0.3 is 11.1 Å². The number of hydrogen-bond acceptors (Lipinski definition) is 2. The Morgan fingerprint density at radius 3 is 2.09 bits per heavy atom. The molecule has 0 heterocycles. The number of carbonyl (C=O) groups excluding carboxylic acids is 2. The van der Waals surface area contributed by atoms with Gasteiger partial charge in [-0.3, -0.25) is 9.59 Å². The second-order valence-electron chi connectivity index (χ2n) is 4.53. The number of hydrogen-bond donors (Lipinski definition) is 2. The van der Waals surface area contributed by atoms with Crippen LogP contribution in [0.2, 0.25) is 0 Å². The normalized spacial score (nSPS) is 11.4. The van der Waals surface area contributed by atoms with E-state index < -0.39 is 5.91 Å². The van der Waals surface area contributed by atoms with E-state index in [1.807, 2.05) is 42.5 Å². The molecule has 0 unspecified atom stereocenters. The van der Waals surface area contributed by atoms with Crippen LogP contribution < -0.4 is 11.1 Å². The van der Waals surface area contributed by atoms with Crippen molar-refractivity contribution in [3.8, 4) is 0 Å². The zero-order valence-electron chi connectivity index (χ0n) is 11.9. The molecule has 4 nitrogen and oxygen atoms in total. The maximum absolute atomic E-state index is 12.0. The van der Waals surface area contributed by atoms with Crippen LogP contribution in [0.3, 0.4) is 0 Å². The second kappa shape index (κ2) is 7.59. The molecule has 0 fully saturated rings. The topological polar surface area (TPSA) is 72.2 Å². The van der Waals surface area contributed by atoms with Crippen molar-refractivity contribution in [1.29, 1.82) is 0 Å². The molecule has 3 N–H and O–H groups in total. The quantitative estimate of drug-likeness (QED) is 0.656. The Balaban J connectivity index is 2.10. The SMILES string of the molecule is NC(=O)C(=CC=Cc1ccccc1)NC(=O)c1ccccc1. The highest BCUT2D eigenvalue weighted by Gasteiger charge is 2.10. The van der Waals surface area contributed by atoms with Crippen LogP contribution in [-0.4, -0.2) is 11.8 Å². The number of benzene rings is 2. The molecule has 2 rings (SSSR count). The van der Waals surface area contributed by atoms with Gasteiger partial charge in [0.15, 0.2) is 0 Å². The number of allylic oxidation sites excluding steroid dienone is 2. The van der Waals surface area contributed by atoms with E-state index in [1.54, 1.807) is 30.3 Å². The van der Waals surface area contributed by atoms with Gasteiger partial charge in [0.05, 0.1) is 0 Å². The van der Waals surface area contributed by atoms with Crippen LogP contribution in [0.4, 0.5) is 0 Å². The van der Waals surface area contributed by atoms with Crippen LogP contribution in [0, 0.1) is 0 Å². The van der Waals surface area contributed by atoms with Crippen LogP contribution in [0.25, 0.3) is 6.08 Å². The van der Waals surface area contributed by atoms with E-state index in [2.05, 4.69) is 5.32 Å². The molecule has 2 aromatic carbocycles. The molecular formula is C18H16N2O2. The number of amides is 2. The zero-order chi connectivity index (χ0) is 15.8. The average Bonchev–Trinajstić information content (AvgIpc) is 2.55. The summed E-state index contributed by atoms with van der Waals surface area (Å²) in [5.41, 5.74) is 6.77. The van der Waals surface area contributed by atoms with Crippen molar-refractivity contribution in [1.82, 2.24) is 5.32 Å². The van der Waals surface area contributed by atoms with E-state index >= 15 is 0 Å². The van der Waals surface area contributed by atoms with Crippen LogP contribution in [0.5, 0.6) is 0 Å². The maximum atomic E-state index is 12.0. The summed E-state index contributed by atoms with van der Waals surface area (Å²) < 4.78 is 0. The van der Waals surface area contributed by atoms with Crippen molar-refractivity contribution in [3.63, 3.8) is 0 Å². The molecule has 0 aliphatic rings. The molecule has 0 spiro atoms. The number of nitrogens with one attached hydrogen (secondary N) is 1. The van der Waals surface area contributed by atoms with Crippen LogP contribution in [0.15, 0.2) is 78.5 Å². The van der Waals surface area contributed by atoms with Gasteiger partial charge in [0.25, 0.3) is 11.8 Å². The van der Waals surface area contributed by atoms with E-state index in [0.717, 1.165) is 5.56 Å². The highest BCUT2D eigenvalue weighted by molar-refractivity contribution is 6.02. The summed E-state index contributed by atoms with van der Waals surface area (Å²) in [5, 5.41) is 2.52. The summed E-state index contributed by atoms with van der Waals surface area (Å²) >= 11 is 0. The fraction of sp³-hybridized carbons (Fsp3) is 0. The van der Waals surface area contributed by atoms with Crippen molar-refractivity contribution >= 4 is 17.9 Å². The molecule has 0 radical (unpaired) electrons. The fourth-order valence-electron chi connectivity index (χ4n) is 1.79. The molecule has 4 heteroatoms. The lowest BCUT2D eigenvalue weighted by Gasteiger charge is -2.05. The molecule has 22 heavy (non-hydrogen) atoms. The number of primary amides is 1. The van der Waals surface area contributed by atoms with Crippen molar-refractivity contribution in [3.05, 3.63) is 89.6 Å². The lowest BCUT2D eigenvalue weighted by Crippen LogP contribution is -2.31. The Labute approximate surface area is 129 Å². The van der Waals surface area contributed by atoms with E-state index in [0.29, 0.717) is 5.56 Å². The van der Waals surface area contributed by atoms with E-state index in [-0.39, 0.29) is 11.6 Å². The van der Waals surface area contributed by atoms with Crippen molar-refractivity contribution in [2.24, 2.45) is 5.73 Å². The largest absolute Gasteiger partial charge is 0.364 e.